The van der Waals surface area contributed by atoms with Crippen molar-refractivity contribution < 1.29 is 22.3 Å². The summed E-state index contributed by atoms with van der Waals surface area (Å²) in [6.45, 7) is 1.23. The second kappa shape index (κ2) is 14.6. The van der Waals surface area contributed by atoms with Crippen LogP contribution in [0.4, 0.5) is 15.9 Å². The molecule has 1 aliphatic rings. The number of rotatable bonds is 14. The Labute approximate surface area is 281 Å². The molecule has 5 aromatic rings. The van der Waals surface area contributed by atoms with Crippen molar-refractivity contribution in [3.63, 3.8) is 0 Å². The Kier molecular flexibility index (Phi) is 10.1. The van der Waals surface area contributed by atoms with Gasteiger partial charge in [-0.05, 0) is 95.5 Å². The predicted octanol–water partition coefficient (Wildman–Crippen LogP) is 7.22. The second-order valence-corrected chi connectivity index (χ2v) is 14.1. The van der Waals surface area contributed by atoms with Crippen LogP contribution in [0.1, 0.15) is 30.5 Å². The van der Waals surface area contributed by atoms with Crippen LogP contribution in [0.25, 0.3) is 10.9 Å². The Hall–Kier alpha value is -4.39. The number of aromatic nitrogens is 3. The van der Waals surface area contributed by atoms with Gasteiger partial charge in [-0.2, -0.15) is 0 Å². The quantitative estimate of drug-likeness (QED) is 0.115. The highest BCUT2D eigenvalue weighted by Crippen LogP contribution is 2.39. The maximum Gasteiger partial charge on any atom is 0.179 e. The first kappa shape index (κ1) is 32.5. The summed E-state index contributed by atoms with van der Waals surface area (Å²) in [5.41, 5.74) is 2.32. The second-order valence-electron chi connectivity index (χ2n) is 11.2. The van der Waals surface area contributed by atoms with Crippen LogP contribution in [0.3, 0.4) is 0 Å². The van der Waals surface area contributed by atoms with E-state index in [0.717, 1.165) is 33.2 Å². The van der Waals surface area contributed by atoms with Gasteiger partial charge in [-0.1, -0.05) is 30.3 Å². The first-order chi connectivity index (χ1) is 22.8. The molecular weight excluding hydrogens is 685 g/mol. The van der Waals surface area contributed by atoms with Gasteiger partial charge in [-0.15, -0.1) is 0 Å². The minimum absolute atomic E-state index is 0.0312. The molecule has 2 N–H and O–H groups in total. The summed E-state index contributed by atoms with van der Waals surface area (Å²) in [5, 5.41) is 7.44. The zero-order valence-electron chi connectivity index (χ0n) is 25.4. The summed E-state index contributed by atoms with van der Waals surface area (Å²) in [5.74, 6) is 0.965. The van der Waals surface area contributed by atoms with Crippen LogP contribution in [0.5, 0.6) is 5.75 Å². The van der Waals surface area contributed by atoms with Crippen LogP contribution in [0.2, 0.25) is 0 Å². The molecule has 1 aliphatic heterocycles. The van der Waals surface area contributed by atoms with Gasteiger partial charge in [-0.3, -0.25) is 4.98 Å². The average Bonchev–Trinajstić information content (AvgIpc) is 3.56. The molecule has 9 nitrogen and oxygen atoms in total. The van der Waals surface area contributed by atoms with Gasteiger partial charge < -0.3 is 20.1 Å². The molecule has 0 bridgehead atoms. The van der Waals surface area contributed by atoms with Gasteiger partial charge >= 0.3 is 0 Å². The lowest BCUT2D eigenvalue weighted by Crippen LogP contribution is -2.29. The van der Waals surface area contributed by atoms with Gasteiger partial charge in [0.25, 0.3) is 0 Å². The van der Waals surface area contributed by atoms with Crippen molar-refractivity contribution in [3.05, 3.63) is 125 Å². The normalized spacial score (nSPS) is 15.9. The van der Waals surface area contributed by atoms with Crippen molar-refractivity contribution in [2.24, 2.45) is 0 Å². The van der Waals surface area contributed by atoms with Crippen LogP contribution in [-0.2, 0) is 26.8 Å². The number of fused-ring (bicyclic) bond motifs is 1. The van der Waals surface area contributed by atoms with E-state index in [1.807, 2.05) is 36.4 Å². The van der Waals surface area contributed by atoms with Crippen LogP contribution in [-0.4, -0.2) is 42.2 Å². The molecule has 242 valence electrons. The third-order valence-corrected chi connectivity index (χ3v) is 10.2. The summed E-state index contributed by atoms with van der Waals surface area (Å²) in [6.07, 6.45) is 9.01. The molecule has 0 radical (unpaired) electrons. The number of nitrogens with zero attached hydrogens (tertiary/aromatic N) is 3. The molecule has 3 heterocycles. The maximum absolute atomic E-state index is 13.5. The third kappa shape index (κ3) is 7.95. The first-order valence-corrected chi connectivity index (χ1v) is 17.6. The van der Waals surface area contributed by atoms with Gasteiger partial charge in [-0.25, -0.2) is 22.8 Å². The minimum Gasteiger partial charge on any atom is -0.489 e. The number of pyridine rings is 1. The van der Waals surface area contributed by atoms with E-state index in [9.17, 15) is 12.8 Å². The van der Waals surface area contributed by atoms with E-state index in [1.54, 1.807) is 48.9 Å². The van der Waals surface area contributed by atoms with Crippen LogP contribution >= 0.6 is 15.9 Å². The Morgan fingerprint density at radius 1 is 0.979 bits per heavy atom. The predicted molar refractivity (Wildman–Crippen MR) is 183 cm³/mol. The topological polar surface area (TPSA) is 115 Å². The average molecular weight is 719 g/mol. The number of anilines is 2. The van der Waals surface area contributed by atoms with Crippen molar-refractivity contribution in [2.75, 3.05) is 24.2 Å². The molecule has 2 aromatic heterocycles. The SMILES string of the molecule is O=S(=O)(CCNCCCC1(c2cc3c(Nc4ccc(OCc5cccc(F)c5)c(Br)c4)ncnc3cn2)CC=CO1)c1ccccc1. The molecule has 3 aromatic carbocycles. The fraction of sp³-hybridized carbons (Fsp3) is 0.229. The minimum atomic E-state index is -3.33. The first-order valence-electron chi connectivity index (χ1n) is 15.2. The van der Waals surface area contributed by atoms with E-state index in [4.69, 9.17) is 14.5 Å². The molecule has 47 heavy (non-hydrogen) atoms. The van der Waals surface area contributed by atoms with Crippen molar-refractivity contribution in [1.82, 2.24) is 20.3 Å². The van der Waals surface area contributed by atoms with Crippen molar-refractivity contribution in [3.8, 4) is 5.75 Å². The fourth-order valence-corrected chi connectivity index (χ4v) is 7.14. The van der Waals surface area contributed by atoms with E-state index >= 15 is 0 Å². The van der Waals surface area contributed by atoms with Crippen molar-refractivity contribution in [2.45, 2.75) is 36.4 Å². The zero-order valence-corrected chi connectivity index (χ0v) is 27.8. The molecule has 0 amide bonds. The van der Waals surface area contributed by atoms with Gasteiger partial charge in [0, 0.05) is 24.0 Å². The molecular formula is C35H33BrFN5O4S. The van der Waals surface area contributed by atoms with Crippen molar-refractivity contribution in [1.29, 1.82) is 0 Å². The van der Waals surface area contributed by atoms with E-state index in [-0.39, 0.29) is 18.2 Å². The monoisotopic (exact) mass is 717 g/mol. The smallest absolute Gasteiger partial charge is 0.179 e. The maximum atomic E-state index is 13.5. The van der Waals surface area contributed by atoms with Crippen LogP contribution in [0.15, 0.2) is 113 Å². The largest absolute Gasteiger partial charge is 0.489 e. The third-order valence-electron chi connectivity index (χ3n) is 7.89. The van der Waals surface area contributed by atoms with Crippen LogP contribution < -0.4 is 15.4 Å². The Morgan fingerprint density at radius 2 is 1.85 bits per heavy atom. The van der Waals surface area contributed by atoms with Gasteiger partial charge in [0.1, 0.15) is 30.3 Å². The molecule has 0 saturated heterocycles. The zero-order chi connectivity index (χ0) is 32.7. The van der Waals surface area contributed by atoms with E-state index < -0.39 is 15.4 Å². The molecule has 12 heteroatoms. The molecule has 0 aliphatic carbocycles. The Bertz CT molecular complexity index is 1990. The summed E-state index contributed by atoms with van der Waals surface area (Å²) in [6, 6.07) is 22.4. The van der Waals surface area contributed by atoms with E-state index in [1.165, 1.54) is 18.5 Å². The number of hydrogen-bond donors (Lipinski definition) is 2. The summed E-state index contributed by atoms with van der Waals surface area (Å²) in [4.78, 5) is 14.0. The van der Waals surface area contributed by atoms with Crippen molar-refractivity contribution >= 4 is 48.2 Å². The van der Waals surface area contributed by atoms with E-state index in [2.05, 4.69) is 36.5 Å². The fourth-order valence-electron chi connectivity index (χ4n) is 5.42. The number of benzene rings is 3. The number of sulfone groups is 1. The lowest BCUT2D eigenvalue weighted by Gasteiger charge is -2.28. The Balaban J connectivity index is 1.10. The molecule has 1 unspecified atom stereocenters. The highest BCUT2D eigenvalue weighted by molar-refractivity contribution is 9.10. The molecule has 6 rings (SSSR count). The number of hydrogen-bond acceptors (Lipinski definition) is 9. The highest BCUT2D eigenvalue weighted by Gasteiger charge is 2.36. The number of halogens is 2. The number of ether oxygens (including phenoxy) is 2. The van der Waals surface area contributed by atoms with Gasteiger partial charge in [0.2, 0.25) is 0 Å². The molecule has 0 saturated carbocycles. The summed E-state index contributed by atoms with van der Waals surface area (Å²) >= 11 is 3.58. The molecule has 0 spiro atoms. The molecule has 0 fully saturated rings. The summed E-state index contributed by atoms with van der Waals surface area (Å²) < 4.78 is 51.5. The molecule has 1 atom stereocenters. The lowest BCUT2D eigenvalue weighted by molar-refractivity contribution is 0.0265. The lowest BCUT2D eigenvalue weighted by atomic mass is 9.90. The summed E-state index contributed by atoms with van der Waals surface area (Å²) in [7, 11) is -3.33. The van der Waals surface area contributed by atoms with Crippen LogP contribution in [0, 0.1) is 5.82 Å². The van der Waals surface area contributed by atoms with E-state index in [0.29, 0.717) is 47.9 Å². The van der Waals surface area contributed by atoms with Gasteiger partial charge in [0.05, 0.1) is 38.8 Å². The number of nitrogens with one attached hydrogen (secondary N) is 2. The standard InChI is InChI=1S/C35H33BrFN5O4S/c36-30-20-27(11-12-32(30)45-23-25-7-4-8-26(37)19-25)42-34-29-21-33(39-22-31(29)40-24-41-34)35(14-6-17-46-35)13-5-15-38-16-18-47(43,44)28-9-2-1-3-10-28/h1-4,6-12,17,19-22,24,38H,5,13-16,18,23H2,(H,40,41,42). The Morgan fingerprint density at radius 3 is 2.64 bits per heavy atom. The highest BCUT2D eigenvalue weighted by atomic mass is 79.9. The van der Waals surface area contributed by atoms with Gasteiger partial charge in [0.15, 0.2) is 15.4 Å².